The summed E-state index contributed by atoms with van der Waals surface area (Å²) in [6, 6.07) is 16.5. The Morgan fingerprint density at radius 2 is 1.62 bits per heavy atom. The summed E-state index contributed by atoms with van der Waals surface area (Å²) in [4.78, 5) is 29.7. The number of ether oxygens (including phenoxy) is 4. The Hall–Kier alpha value is -4.27. The molecule has 1 N–H and O–H groups in total. The van der Waals surface area contributed by atoms with E-state index in [4.69, 9.17) is 18.9 Å². The largest absolute Gasteiger partial charge is 0.493 e. The van der Waals surface area contributed by atoms with Crippen molar-refractivity contribution in [2.45, 2.75) is 50.3 Å². The van der Waals surface area contributed by atoms with Crippen LogP contribution in [0.4, 0.5) is 10.1 Å². The predicted octanol–water partition coefficient (Wildman–Crippen LogP) is 5.21. The third kappa shape index (κ3) is 5.83. The Morgan fingerprint density at radius 3 is 2.33 bits per heavy atom. The van der Waals surface area contributed by atoms with Crippen molar-refractivity contribution in [2.24, 2.45) is 0 Å². The summed E-state index contributed by atoms with van der Waals surface area (Å²) in [6.45, 7) is -0.0452. The van der Waals surface area contributed by atoms with Crippen LogP contribution in [0, 0.1) is 5.82 Å². The van der Waals surface area contributed by atoms with E-state index < -0.39 is 23.9 Å². The van der Waals surface area contributed by atoms with Gasteiger partial charge in [-0.2, -0.15) is 0 Å². The summed E-state index contributed by atoms with van der Waals surface area (Å²) >= 11 is 0. The average Bonchev–Trinajstić information content (AvgIpc) is 3.00. The fourth-order valence-electron chi connectivity index (χ4n) is 5.27. The van der Waals surface area contributed by atoms with E-state index in [0.717, 1.165) is 32.1 Å². The fourth-order valence-corrected chi connectivity index (χ4v) is 5.27. The van der Waals surface area contributed by atoms with Crippen molar-refractivity contribution in [3.63, 3.8) is 0 Å². The second kappa shape index (κ2) is 12.3. The third-order valence-electron chi connectivity index (χ3n) is 7.31. The smallest absolute Gasteiger partial charge is 0.272 e. The van der Waals surface area contributed by atoms with Gasteiger partial charge in [-0.05, 0) is 66.9 Å². The number of carbonyl (C=O) groups excluding carboxylic acids is 2. The number of fused-ring (bicyclic) bond motifs is 1. The van der Waals surface area contributed by atoms with Crippen molar-refractivity contribution >= 4 is 17.5 Å². The normalized spacial score (nSPS) is 17.4. The summed E-state index contributed by atoms with van der Waals surface area (Å²) < 4.78 is 36.8. The van der Waals surface area contributed by atoms with Crippen molar-refractivity contribution in [1.82, 2.24) is 5.32 Å². The van der Waals surface area contributed by atoms with Crippen LogP contribution in [-0.4, -0.2) is 44.8 Å². The Labute approximate surface area is 233 Å². The number of nitrogens with one attached hydrogen (secondary N) is 1. The number of anilines is 1. The first-order valence-corrected chi connectivity index (χ1v) is 13.5. The van der Waals surface area contributed by atoms with Crippen molar-refractivity contribution < 1.29 is 32.9 Å². The third-order valence-corrected chi connectivity index (χ3v) is 7.31. The maximum absolute atomic E-state index is 14.3. The second-order valence-corrected chi connectivity index (χ2v) is 9.91. The van der Waals surface area contributed by atoms with Gasteiger partial charge < -0.3 is 24.3 Å². The van der Waals surface area contributed by atoms with Crippen molar-refractivity contribution in [3.05, 3.63) is 78.1 Å². The van der Waals surface area contributed by atoms with E-state index in [0.29, 0.717) is 34.2 Å². The van der Waals surface area contributed by atoms with Crippen LogP contribution in [0.1, 0.15) is 43.7 Å². The van der Waals surface area contributed by atoms with Gasteiger partial charge in [0.2, 0.25) is 12.0 Å². The Balaban J connectivity index is 1.58. The molecular weight excluding hydrogens is 515 g/mol. The number of hydrogen-bond acceptors (Lipinski definition) is 6. The molecule has 0 saturated heterocycles. The number of methoxy groups -OCH3 is 2. The van der Waals surface area contributed by atoms with Gasteiger partial charge in [-0.1, -0.05) is 37.5 Å². The molecule has 2 atom stereocenters. The maximum atomic E-state index is 14.3. The lowest BCUT2D eigenvalue weighted by Crippen LogP contribution is -2.52. The molecule has 1 aliphatic heterocycles. The number of nitrogens with zero attached hydrogens (tertiary/aromatic N) is 1. The van der Waals surface area contributed by atoms with Crippen LogP contribution < -0.4 is 29.2 Å². The number of halogens is 1. The molecule has 1 saturated carbocycles. The number of amides is 2. The molecule has 0 bridgehead atoms. The molecular formula is C31H33FN2O6. The van der Waals surface area contributed by atoms with Gasteiger partial charge in [-0.25, -0.2) is 4.39 Å². The van der Waals surface area contributed by atoms with Crippen LogP contribution in [0.2, 0.25) is 0 Å². The minimum atomic E-state index is -1.11. The van der Waals surface area contributed by atoms with Gasteiger partial charge in [0.25, 0.3) is 5.91 Å². The zero-order valence-electron chi connectivity index (χ0n) is 22.6. The molecule has 1 aliphatic carbocycles. The minimum Gasteiger partial charge on any atom is -0.493 e. The molecule has 40 heavy (non-hydrogen) atoms. The Kier molecular flexibility index (Phi) is 8.38. The Morgan fingerprint density at radius 1 is 0.925 bits per heavy atom. The molecule has 3 aromatic rings. The molecule has 0 radical (unpaired) electrons. The highest BCUT2D eigenvalue weighted by atomic mass is 19.1. The van der Waals surface area contributed by atoms with E-state index in [1.807, 2.05) is 6.07 Å². The van der Waals surface area contributed by atoms with Crippen LogP contribution in [0.5, 0.6) is 23.0 Å². The summed E-state index contributed by atoms with van der Waals surface area (Å²) in [5.41, 5.74) is 0.841. The fraction of sp³-hybridized carbons (Fsp3) is 0.355. The van der Waals surface area contributed by atoms with Gasteiger partial charge in [0.1, 0.15) is 18.5 Å². The average molecular weight is 549 g/mol. The van der Waals surface area contributed by atoms with Crippen molar-refractivity contribution in [3.8, 4) is 23.0 Å². The van der Waals surface area contributed by atoms with Gasteiger partial charge >= 0.3 is 0 Å². The predicted molar refractivity (Wildman–Crippen MR) is 148 cm³/mol. The quantitative estimate of drug-likeness (QED) is 0.416. The standard InChI is InChI=1S/C31H33FN2O6/c1-37-24-17-12-20(18-27(24)38-2)29(30(35)33-22-8-4-3-5-9-22)34(23-15-13-21(32)14-16-23)31(36)28-19-39-25-10-6-7-11-26(25)40-28/h6-7,10-18,22,28-29H,3-5,8-9,19H2,1-2H3,(H,33,35)/t28-,29-/m0/s1. The SMILES string of the molecule is COc1ccc([C@@H](C(=O)NC2CCCCC2)N(C(=O)[C@@H]2COc3ccccc3O2)c2ccc(F)cc2)cc1OC. The molecule has 0 unspecified atom stereocenters. The molecule has 8 nitrogen and oxygen atoms in total. The molecule has 2 aliphatic rings. The van der Waals surface area contributed by atoms with Crippen molar-refractivity contribution in [2.75, 3.05) is 25.7 Å². The molecule has 3 aromatic carbocycles. The number of hydrogen-bond donors (Lipinski definition) is 1. The number of rotatable bonds is 8. The number of carbonyl (C=O) groups is 2. The lowest BCUT2D eigenvalue weighted by molar-refractivity contribution is -0.132. The molecule has 1 fully saturated rings. The first kappa shape index (κ1) is 27.3. The van der Waals surface area contributed by atoms with Gasteiger partial charge in [-0.15, -0.1) is 0 Å². The highest BCUT2D eigenvalue weighted by Crippen LogP contribution is 2.37. The van der Waals surface area contributed by atoms with Gasteiger partial charge in [0, 0.05) is 11.7 Å². The second-order valence-electron chi connectivity index (χ2n) is 9.91. The van der Waals surface area contributed by atoms with Crippen LogP contribution in [-0.2, 0) is 9.59 Å². The molecule has 210 valence electrons. The van der Waals surface area contributed by atoms with Crippen molar-refractivity contribution in [1.29, 1.82) is 0 Å². The van der Waals surface area contributed by atoms with E-state index in [2.05, 4.69) is 5.32 Å². The van der Waals surface area contributed by atoms with E-state index in [1.165, 1.54) is 43.4 Å². The summed E-state index contributed by atoms with van der Waals surface area (Å²) in [5.74, 6) is 0.545. The first-order chi connectivity index (χ1) is 19.5. The van der Waals surface area contributed by atoms with Gasteiger partial charge in [0.05, 0.1) is 14.2 Å². The molecule has 1 heterocycles. The summed E-state index contributed by atoms with van der Waals surface area (Å²) in [6.07, 6.45) is 3.88. The number of benzene rings is 3. The van der Waals surface area contributed by atoms with E-state index >= 15 is 0 Å². The number of para-hydroxylation sites is 2. The summed E-state index contributed by atoms with van der Waals surface area (Å²) in [7, 11) is 3.03. The van der Waals surface area contributed by atoms with Crippen LogP contribution in [0.15, 0.2) is 66.7 Å². The van der Waals surface area contributed by atoms with E-state index in [1.54, 1.807) is 36.4 Å². The highest BCUT2D eigenvalue weighted by Gasteiger charge is 2.40. The van der Waals surface area contributed by atoms with Gasteiger partial charge in [0.15, 0.2) is 23.0 Å². The molecule has 0 spiro atoms. The van der Waals surface area contributed by atoms with Gasteiger partial charge in [-0.3, -0.25) is 14.5 Å². The zero-order chi connectivity index (χ0) is 28.1. The van der Waals surface area contributed by atoms with E-state index in [9.17, 15) is 14.0 Å². The minimum absolute atomic E-state index is 0.00444. The monoisotopic (exact) mass is 548 g/mol. The lowest BCUT2D eigenvalue weighted by Gasteiger charge is -2.36. The first-order valence-electron chi connectivity index (χ1n) is 13.5. The summed E-state index contributed by atoms with van der Waals surface area (Å²) in [5, 5.41) is 3.17. The Bertz CT molecular complexity index is 1340. The van der Waals surface area contributed by atoms with Crippen LogP contribution in [0.25, 0.3) is 0 Å². The molecule has 0 aromatic heterocycles. The maximum Gasteiger partial charge on any atom is 0.272 e. The zero-order valence-corrected chi connectivity index (χ0v) is 22.6. The lowest BCUT2D eigenvalue weighted by atomic mass is 9.94. The highest BCUT2D eigenvalue weighted by molar-refractivity contribution is 6.03. The van der Waals surface area contributed by atoms with Crippen LogP contribution >= 0.6 is 0 Å². The topological polar surface area (TPSA) is 86.3 Å². The van der Waals surface area contributed by atoms with Crippen LogP contribution in [0.3, 0.4) is 0 Å². The molecule has 5 rings (SSSR count). The van der Waals surface area contributed by atoms with E-state index in [-0.39, 0.29) is 18.6 Å². The molecule has 9 heteroatoms. The molecule has 2 amide bonds.